The van der Waals surface area contributed by atoms with Gasteiger partial charge in [-0.05, 0) is 19.1 Å². The lowest BCUT2D eigenvalue weighted by molar-refractivity contribution is -0.117. The number of nitrogens with zero attached hydrogens (tertiary/aromatic N) is 1. The number of carbonyl (C=O) groups is 2. The molecular formula is C14H17NO4. The van der Waals surface area contributed by atoms with Crippen molar-refractivity contribution in [2.75, 3.05) is 25.2 Å². The van der Waals surface area contributed by atoms with Crippen molar-refractivity contribution in [1.82, 2.24) is 0 Å². The van der Waals surface area contributed by atoms with E-state index in [1.54, 1.807) is 23.1 Å². The van der Waals surface area contributed by atoms with Gasteiger partial charge in [0, 0.05) is 37.2 Å². The standard InChI is InChI=1S/C14H17NO4/c1-9(17)12-4-3-11(6-13(12)19-2)15-7-10(8-16)5-14(15)18/h3-4,6,10,16H,5,7-8H2,1-2H3. The molecule has 2 rings (SSSR count). The van der Waals surface area contributed by atoms with Crippen molar-refractivity contribution in [3.05, 3.63) is 23.8 Å². The van der Waals surface area contributed by atoms with Gasteiger partial charge >= 0.3 is 0 Å². The van der Waals surface area contributed by atoms with Crippen molar-refractivity contribution in [3.63, 3.8) is 0 Å². The lowest BCUT2D eigenvalue weighted by Gasteiger charge is -2.18. The molecule has 1 aliphatic rings. The van der Waals surface area contributed by atoms with Crippen LogP contribution in [0.2, 0.25) is 0 Å². The Morgan fingerprint density at radius 2 is 2.26 bits per heavy atom. The van der Waals surface area contributed by atoms with Gasteiger partial charge in [0.15, 0.2) is 5.78 Å². The molecule has 1 aromatic carbocycles. The van der Waals surface area contributed by atoms with Gasteiger partial charge in [-0.15, -0.1) is 0 Å². The van der Waals surface area contributed by atoms with Crippen LogP contribution in [0.1, 0.15) is 23.7 Å². The summed E-state index contributed by atoms with van der Waals surface area (Å²) in [6.07, 6.45) is 0.354. The van der Waals surface area contributed by atoms with Gasteiger partial charge < -0.3 is 14.7 Å². The predicted molar refractivity (Wildman–Crippen MR) is 70.5 cm³/mol. The number of rotatable bonds is 4. The van der Waals surface area contributed by atoms with E-state index in [9.17, 15) is 9.59 Å². The first kappa shape index (κ1) is 13.5. The van der Waals surface area contributed by atoms with Crippen molar-refractivity contribution in [2.45, 2.75) is 13.3 Å². The van der Waals surface area contributed by atoms with Gasteiger partial charge in [-0.25, -0.2) is 0 Å². The molecule has 0 spiro atoms. The van der Waals surface area contributed by atoms with Crippen molar-refractivity contribution in [3.8, 4) is 5.75 Å². The van der Waals surface area contributed by atoms with Crippen LogP contribution in [0.4, 0.5) is 5.69 Å². The van der Waals surface area contributed by atoms with E-state index in [0.29, 0.717) is 30.0 Å². The summed E-state index contributed by atoms with van der Waals surface area (Å²) in [6.45, 7) is 1.98. The molecule has 5 heteroatoms. The molecule has 1 heterocycles. The Balaban J connectivity index is 2.31. The molecule has 0 bridgehead atoms. The number of benzene rings is 1. The van der Waals surface area contributed by atoms with Crippen LogP contribution >= 0.6 is 0 Å². The first-order valence-corrected chi connectivity index (χ1v) is 6.17. The lowest BCUT2D eigenvalue weighted by atomic mass is 10.1. The van der Waals surface area contributed by atoms with Crippen LogP contribution in [0.5, 0.6) is 5.75 Å². The fourth-order valence-electron chi connectivity index (χ4n) is 2.29. The molecular weight excluding hydrogens is 246 g/mol. The highest BCUT2D eigenvalue weighted by molar-refractivity contribution is 5.99. The van der Waals surface area contributed by atoms with E-state index in [4.69, 9.17) is 9.84 Å². The zero-order valence-corrected chi connectivity index (χ0v) is 11.0. The molecule has 1 amide bonds. The molecule has 5 nitrogen and oxygen atoms in total. The van der Waals surface area contributed by atoms with E-state index in [1.165, 1.54) is 14.0 Å². The van der Waals surface area contributed by atoms with Crippen LogP contribution in [-0.4, -0.2) is 37.1 Å². The minimum absolute atomic E-state index is 0.00487. The van der Waals surface area contributed by atoms with Crippen molar-refractivity contribution >= 4 is 17.4 Å². The Bertz CT molecular complexity index is 512. The highest BCUT2D eigenvalue weighted by Gasteiger charge is 2.30. The van der Waals surface area contributed by atoms with Crippen molar-refractivity contribution in [2.24, 2.45) is 5.92 Å². The summed E-state index contributed by atoms with van der Waals surface area (Å²) in [7, 11) is 1.49. The summed E-state index contributed by atoms with van der Waals surface area (Å²) >= 11 is 0. The Hall–Kier alpha value is -1.88. The average molecular weight is 263 g/mol. The quantitative estimate of drug-likeness (QED) is 0.830. The molecule has 0 aliphatic carbocycles. The monoisotopic (exact) mass is 263 g/mol. The maximum absolute atomic E-state index is 11.9. The topological polar surface area (TPSA) is 66.8 Å². The number of anilines is 1. The van der Waals surface area contributed by atoms with E-state index in [-0.39, 0.29) is 24.2 Å². The number of ketones is 1. The third-order valence-corrected chi connectivity index (χ3v) is 3.34. The van der Waals surface area contributed by atoms with Gasteiger partial charge in [0.1, 0.15) is 5.75 Å². The van der Waals surface area contributed by atoms with E-state index in [0.717, 1.165) is 0 Å². The maximum atomic E-state index is 11.9. The van der Waals surface area contributed by atoms with E-state index < -0.39 is 0 Å². The van der Waals surface area contributed by atoms with Gasteiger partial charge in [-0.3, -0.25) is 9.59 Å². The summed E-state index contributed by atoms with van der Waals surface area (Å²) in [4.78, 5) is 24.9. The minimum atomic E-state index is -0.0793. The Morgan fingerprint density at radius 3 is 2.79 bits per heavy atom. The number of hydrogen-bond donors (Lipinski definition) is 1. The van der Waals surface area contributed by atoms with Crippen molar-refractivity contribution in [1.29, 1.82) is 0 Å². The second-order valence-corrected chi connectivity index (χ2v) is 4.70. The molecule has 1 N–H and O–H groups in total. The summed E-state index contributed by atoms with van der Waals surface area (Å²) in [5.41, 5.74) is 1.19. The minimum Gasteiger partial charge on any atom is -0.496 e. The second kappa shape index (κ2) is 5.40. The molecule has 1 saturated heterocycles. The zero-order chi connectivity index (χ0) is 14.0. The van der Waals surface area contributed by atoms with E-state index in [2.05, 4.69) is 0 Å². The van der Waals surface area contributed by atoms with Gasteiger partial charge in [-0.1, -0.05) is 0 Å². The van der Waals surface area contributed by atoms with Gasteiger partial charge in [0.2, 0.25) is 5.91 Å². The highest BCUT2D eigenvalue weighted by Crippen LogP contribution is 2.30. The molecule has 0 saturated carbocycles. The summed E-state index contributed by atoms with van der Waals surface area (Å²) < 4.78 is 5.19. The van der Waals surface area contributed by atoms with Crippen molar-refractivity contribution < 1.29 is 19.4 Å². The SMILES string of the molecule is COc1cc(N2CC(CO)CC2=O)ccc1C(C)=O. The molecule has 1 fully saturated rings. The largest absolute Gasteiger partial charge is 0.496 e. The van der Waals surface area contributed by atoms with E-state index >= 15 is 0 Å². The average Bonchev–Trinajstić information content (AvgIpc) is 2.79. The fourth-order valence-corrected chi connectivity index (χ4v) is 2.29. The number of Topliss-reactive ketones (excluding diaryl/α,β-unsaturated/α-hetero) is 1. The molecule has 102 valence electrons. The number of amides is 1. The molecule has 0 radical (unpaired) electrons. The van der Waals surface area contributed by atoms with Crippen LogP contribution in [0.25, 0.3) is 0 Å². The molecule has 1 atom stereocenters. The molecule has 1 unspecified atom stereocenters. The first-order chi connectivity index (χ1) is 9.06. The molecule has 1 aromatic rings. The number of methoxy groups -OCH3 is 1. The van der Waals surface area contributed by atoms with Crippen LogP contribution in [0, 0.1) is 5.92 Å². The van der Waals surface area contributed by atoms with Crippen LogP contribution in [0.15, 0.2) is 18.2 Å². The number of aliphatic hydroxyl groups excluding tert-OH is 1. The van der Waals surface area contributed by atoms with Crippen LogP contribution in [-0.2, 0) is 4.79 Å². The highest BCUT2D eigenvalue weighted by atomic mass is 16.5. The Labute approximate surface area is 111 Å². The second-order valence-electron chi connectivity index (χ2n) is 4.70. The smallest absolute Gasteiger partial charge is 0.227 e. The summed E-state index contributed by atoms with van der Waals surface area (Å²) in [5, 5.41) is 9.12. The number of carbonyl (C=O) groups excluding carboxylic acids is 2. The van der Waals surface area contributed by atoms with E-state index in [1.807, 2.05) is 0 Å². The lowest BCUT2D eigenvalue weighted by Crippen LogP contribution is -2.25. The van der Waals surface area contributed by atoms with Gasteiger partial charge in [0.25, 0.3) is 0 Å². The third-order valence-electron chi connectivity index (χ3n) is 3.34. The number of ether oxygens (including phenoxy) is 1. The number of hydrogen-bond acceptors (Lipinski definition) is 4. The summed E-state index contributed by atoms with van der Waals surface area (Å²) in [6, 6.07) is 5.08. The van der Waals surface area contributed by atoms with Crippen LogP contribution in [0.3, 0.4) is 0 Å². The predicted octanol–water partition coefficient (Wildman–Crippen LogP) is 1.24. The number of aliphatic hydroxyl groups is 1. The summed E-state index contributed by atoms with van der Waals surface area (Å²) in [5.74, 6) is 0.345. The van der Waals surface area contributed by atoms with Gasteiger partial charge in [0.05, 0.1) is 12.7 Å². The Morgan fingerprint density at radius 1 is 1.53 bits per heavy atom. The molecule has 19 heavy (non-hydrogen) atoms. The maximum Gasteiger partial charge on any atom is 0.227 e. The third kappa shape index (κ3) is 2.61. The molecule has 0 aromatic heterocycles. The normalized spacial score (nSPS) is 18.8. The van der Waals surface area contributed by atoms with Crippen LogP contribution < -0.4 is 9.64 Å². The van der Waals surface area contributed by atoms with Gasteiger partial charge in [-0.2, -0.15) is 0 Å². The fraction of sp³-hybridized carbons (Fsp3) is 0.429. The molecule has 1 aliphatic heterocycles. The first-order valence-electron chi connectivity index (χ1n) is 6.17. The Kier molecular flexibility index (Phi) is 3.85. The zero-order valence-electron chi connectivity index (χ0n) is 11.0.